The van der Waals surface area contributed by atoms with E-state index in [0.717, 1.165) is 5.56 Å². The minimum absolute atomic E-state index is 0.0659. The standard InChI is InChI=1S/C85H101N7O26/c93-46-61-36-37-62(89-82(102)109-50-57-28-14-4-15-29-57)77(113-61)116-72-64(90-83(103)110-51-58-30-16-5-17-31-58)44-63(88-76(99)65(95)38-40-86-80(100)107-48-55-24-10-2-11-25-55)69(96)74(72)118-79-75(106-43-42-92(41-39-54-22-8-1-9-23-54)85(105)112-53-60-34-20-7-21-35-60)73(67(47-94)115-79)117-78-68(91-84(104)111-52-59-32-18-6-19-33-59)71(98)70(97)66(114-78)45-87-81(101)108-49-56-26-12-3-13-27-56/h1-35,61-75,77-79,93-98H,36-53H2,(H,86,100)(H,87,101)(H,88,99)(H,89,102)(H,90,103)(H,91,104)/t61-,62+,63+,64-,65-,66-,67+,68+,69-,70+,71+,72+,73+,74+,75+,77+,78+,79-/m0/s1. The highest BCUT2D eigenvalue weighted by atomic mass is 16.8. The molecule has 33 nitrogen and oxygen atoms in total. The molecule has 0 radical (unpaired) electrons. The van der Waals surface area contributed by atoms with Crippen LogP contribution in [0.3, 0.4) is 0 Å². The van der Waals surface area contributed by atoms with Gasteiger partial charge in [-0.25, -0.2) is 28.8 Å². The Labute approximate surface area is 681 Å². The van der Waals surface area contributed by atoms with Crippen LogP contribution in [0, 0.1) is 0 Å². The van der Waals surface area contributed by atoms with E-state index in [4.69, 9.17) is 61.6 Å². The van der Waals surface area contributed by atoms with Crippen molar-refractivity contribution in [2.24, 2.45) is 0 Å². The molecule has 0 aromatic heterocycles. The molecule has 7 amide bonds. The van der Waals surface area contributed by atoms with Gasteiger partial charge in [-0.05, 0) is 71.0 Å². The van der Waals surface area contributed by atoms with Crippen LogP contribution in [-0.4, -0.2) is 234 Å². The average Bonchev–Trinajstić information content (AvgIpc) is 0.816. The molecular weight excluding hydrogens is 1530 g/mol. The molecule has 0 spiro atoms. The highest BCUT2D eigenvalue weighted by molar-refractivity contribution is 5.81. The molecule has 3 aliphatic heterocycles. The fraction of sp³-hybridized carbons (Fsp3) is 0.424. The van der Waals surface area contributed by atoms with Gasteiger partial charge in [0, 0.05) is 26.2 Å². The molecule has 7 aromatic carbocycles. The van der Waals surface area contributed by atoms with Crippen LogP contribution in [0.15, 0.2) is 212 Å². The van der Waals surface area contributed by atoms with Gasteiger partial charge in [0.15, 0.2) is 18.9 Å². The van der Waals surface area contributed by atoms with Crippen molar-refractivity contribution in [3.63, 3.8) is 0 Å². The van der Waals surface area contributed by atoms with E-state index in [1.165, 1.54) is 4.90 Å². The van der Waals surface area contributed by atoms with Crippen LogP contribution in [0.1, 0.15) is 64.6 Å². The third kappa shape index (κ3) is 26.8. The Bertz CT molecular complexity index is 4200. The normalized spacial score (nSPS) is 24.9. The van der Waals surface area contributed by atoms with E-state index in [9.17, 15) is 64.2 Å². The highest BCUT2D eigenvalue weighted by Gasteiger charge is 2.57. The Hall–Kier alpha value is -10.9. The number of hydrogen-bond donors (Lipinski definition) is 12. The molecule has 7 aromatic rings. The van der Waals surface area contributed by atoms with Crippen LogP contribution >= 0.6 is 0 Å². The third-order valence-corrected chi connectivity index (χ3v) is 20.0. The Balaban J connectivity index is 0.951. The number of benzene rings is 7. The number of carbonyl (C=O) groups excluding carboxylic acids is 7. The summed E-state index contributed by atoms with van der Waals surface area (Å²) in [5.74, 6) is -1.08. The number of aliphatic hydroxyl groups is 6. The van der Waals surface area contributed by atoms with Gasteiger partial charge in [-0.3, -0.25) is 4.79 Å². The second-order valence-corrected chi connectivity index (χ2v) is 28.5. The fourth-order valence-corrected chi connectivity index (χ4v) is 13.7. The molecule has 1 aliphatic carbocycles. The lowest BCUT2D eigenvalue weighted by Crippen LogP contribution is -2.68. The van der Waals surface area contributed by atoms with E-state index < -0.39 is 185 Å². The van der Waals surface area contributed by atoms with E-state index in [-0.39, 0.29) is 78.5 Å². The van der Waals surface area contributed by atoms with Crippen molar-refractivity contribution in [1.82, 2.24) is 36.8 Å². The molecular formula is C85H101N7O26. The Morgan fingerprint density at radius 3 is 1.35 bits per heavy atom. The van der Waals surface area contributed by atoms with Gasteiger partial charge in [-0.15, -0.1) is 0 Å². The summed E-state index contributed by atoms with van der Waals surface area (Å²) in [7, 11) is 0. The maximum absolute atomic E-state index is 14.5. The van der Waals surface area contributed by atoms with Crippen molar-refractivity contribution in [3.8, 4) is 0 Å². The molecule has 632 valence electrons. The van der Waals surface area contributed by atoms with Crippen LogP contribution < -0.4 is 31.9 Å². The number of rotatable bonds is 37. The topological polar surface area (TPSA) is 436 Å². The second-order valence-electron chi connectivity index (χ2n) is 28.5. The van der Waals surface area contributed by atoms with Gasteiger partial charge in [0.1, 0.15) is 107 Å². The fourth-order valence-electron chi connectivity index (χ4n) is 13.7. The summed E-state index contributed by atoms with van der Waals surface area (Å²) in [6, 6.07) is 55.9. The first-order valence-electron chi connectivity index (χ1n) is 39.0. The third-order valence-electron chi connectivity index (χ3n) is 20.0. The van der Waals surface area contributed by atoms with Crippen molar-refractivity contribution in [2.75, 3.05) is 46.0 Å². The smallest absolute Gasteiger partial charge is 0.410 e. The summed E-state index contributed by atoms with van der Waals surface area (Å²) < 4.78 is 80.9. The highest BCUT2D eigenvalue weighted by Crippen LogP contribution is 2.38. The molecule has 4 fully saturated rings. The predicted octanol–water partition coefficient (Wildman–Crippen LogP) is 5.81. The van der Waals surface area contributed by atoms with E-state index in [1.807, 2.05) is 36.4 Å². The first-order chi connectivity index (χ1) is 57.4. The molecule has 0 bridgehead atoms. The number of alkyl carbamates (subject to hydrolysis) is 5. The maximum atomic E-state index is 14.5. The van der Waals surface area contributed by atoms with Crippen LogP contribution in [-0.2, 0) is 112 Å². The van der Waals surface area contributed by atoms with Crippen molar-refractivity contribution in [2.45, 2.75) is 182 Å². The van der Waals surface area contributed by atoms with Crippen molar-refractivity contribution in [1.29, 1.82) is 0 Å². The minimum Gasteiger partial charge on any atom is -0.445 e. The zero-order valence-corrected chi connectivity index (χ0v) is 64.6. The number of nitrogens with zero attached hydrogens (tertiary/aromatic N) is 1. The Morgan fingerprint density at radius 1 is 0.407 bits per heavy atom. The summed E-state index contributed by atoms with van der Waals surface area (Å²) >= 11 is 0. The van der Waals surface area contributed by atoms with Gasteiger partial charge in [-0.1, -0.05) is 212 Å². The number of aliphatic hydroxyl groups excluding tert-OH is 6. The lowest BCUT2D eigenvalue weighted by atomic mass is 9.83. The maximum Gasteiger partial charge on any atom is 0.410 e. The van der Waals surface area contributed by atoms with E-state index >= 15 is 0 Å². The zero-order valence-electron chi connectivity index (χ0n) is 64.6. The van der Waals surface area contributed by atoms with Crippen LogP contribution in [0.4, 0.5) is 28.8 Å². The van der Waals surface area contributed by atoms with Crippen molar-refractivity contribution < 1.29 is 126 Å². The van der Waals surface area contributed by atoms with E-state index in [1.54, 1.807) is 176 Å². The van der Waals surface area contributed by atoms with E-state index in [0.29, 0.717) is 39.8 Å². The zero-order chi connectivity index (χ0) is 83.0. The summed E-state index contributed by atoms with van der Waals surface area (Å²) in [4.78, 5) is 98.8. The summed E-state index contributed by atoms with van der Waals surface area (Å²) in [5.41, 5.74) is 4.70. The number of nitrogens with one attached hydrogen (secondary N) is 6. The number of hydrogen-bond acceptors (Lipinski definition) is 26. The van der Waals surface area contributed by atoms with Gasteiger partial charge in [0.2, 0.25) is 5.91 Å². The summed E-state index contributed by atoms with van der Waals surface area (Å²) in [5, 5.41) is 87.2. The second kappa shape index (κ2) is 45.7. The lowest BCUT2D eigenvalue weighted by molar-refractivity contribution is -0.297. The molecule has 118 heavy (non-hydrogen) atoms. The van der Waals surface area contributed by atoms with Crippen LogP contribution in [0.5, 0.6) is 0 Å². The van der Waals surface area contributed by atoms with Crippen molar-refractivity contribution >= 4 is 42.5 Å². The predicted molar refractivity (Wildman–Crippen MR) is 417 cm³/mol. The first-order valence-corrected chi connectivity index (χ1v) is 39.0. The van der Waals surface area contributed by atoms with Gasteiger partial charge >= 0.3 is 36.6 Å². The van der Waals surface area contributed by atoms with Crippen LogP contribution in [0.25, 0.3) is 0 Å². The first kappa shape index (κ1) is 87.9. The molecule has 3 saturated heterocycles. The van der Waals surface area contributed by atoms with Crippen LogP contribution in [0.2, 0.25) is 0 Å². The molecule has 0 unspecified atom stereocenters. The molecule has 12 N–H and O–H groups in total. The molecule has 33 heteroatoms. The SMILES string of the molecule is O=C(NCC[C@H](O)C(=O)N[C@@H]1C[C@H](NC(=O)OCc2ccccc2)[C@@H](O[C@H]2O[C@H](CO)CC[C@H]2NC(=O)OCc2ccccc2)[C@H](O[C@@H]2O[C@H](CO)[C@@H](O[C@H]3O[C@@H](CNC(=O)OCc4ccccc4)[C@@H](O)[C@H](O)[C@H]3NC(=O)OCc3ccccc3)[C@H]2OCCN(CCc2ccccc2)C(=O)OCc2ccccc2)[C@H]1O)OCc1ccccc1. The van der Waals surface area contributed by atoms with E-state index in [2.05, 4.69) is 31.9 Å². The van der Waals surface area contributed by atoms with Gasteiger partial charge in [0.05, 0.1) is 44.1 Å². The molecule has 3 heterocycles. The monoisotopic (exact) mass is 1640 g/mol. The molecule has 11 rings (SSSR count). The lowest BCUT2D eigenvalue weighted by Gasteiger charge is -2.48. The van der Waals surface area contributed by atoms with Gasteiger partial charge in [-0.2, -0.15) is 0 Å². The van der Waals surface area contributed by atoms with Gasteiger partial charge < -0.3 is 129 Å². The van der Waals surface area contributed by atoms with Crippen molar-refractivity contribution in [3.05, 3.63) is 251 Å². The number of amides is 7. The molecule has 4 aliphatic rings. The quantitative estimate of drug-likeness (QED) is 0.0204. The number of ether oxygens (including phenoxy) is 13. The molecule has 1 saturated carbocycles. The number of carbonyl (C=O) groups is 7. The molecule has 18 atom stereocenters. The largest absolute Gasteiger partial charge is 0.445 e. The Morgan fingerprint density at radius 2 is 0.847 bits per heavy atom. The summed E-state index contributed by atoms with van der Waals surface area (Å²) in [6.07, 6.45) is -30.6. The minimum atomic E-state index is -2.03. The summed E-state index contributed by atoms with van der Waals surface area (Å²) in [6.45, 7) is -4.02. The Kier molecular flexibility index (Phi) is 34.1. The van der Waals surface area contributed by atoms with Gasteiger partial charge in [0.25, 0.3) is 0 Å². The average molecular weight is 1640 g/mol.